The highest BCUT2D eigenvalue weighted by atomic mass is 14.8. The maximum atomic E-state index is 3.59. The number of quaternary nitrogens is 1. The molecule has 0 aliphatic heterocycles. The zero-order valence-electron chi connectivity index (χ0n) is 5.65. The maximum absolute atomic E-state index is 3.59. The Morgan fingerprint density at radius 1 is 1.75 bits per heavy atom. The highest BCUT2D eigenvalue weighted by Gasteiger charge is 1.83. The molecule has 0 aromatic rings. The van der Waals surface area contributed by atoms with Crippen LogP contribution in [0.25, 0.3) is 0 Å². The zero-order chi connectivity index (χ0) is 6.41. The molecule has 0 radical (unpaired) electrons. The van der Waals surface area contributed by atoms with Gasteiger partial charge in [0.15, 0.2) is 0 Å². The lowest BCUT2D eigenvalue weighted by Gasteiger charge is -1.91. The summed E-state index contributed by atoms with van der Waals surface area (Å²) in [6, 6.07) is 0. The molecule has 0 atom stereocenters. The van der Waals surface area contributed by atoms with Crippen molar-refractivity contribution in [1.82, 2.24) is 0 Å². The Labute approximate surface area is 51.1 Å². The smallest absolute Gasteiger partial charge is 0.102 e. The summed E-state index contributed by atoms with van der Waals surface area (Å²) < 4.78 is 0. The van der Waals surface area contributed by atoms with Crippen LogP contribution in [-0.4, -0.2) is 6.54 Å². The highest BCUT2D eigenvalue weighted by molar-refractivity contribution is 4.99. The first-order chi connectivity index (χ1) is 3.81. The standard InChI is InChI=1S/C7H13N/c1-4-6-7(3)8-5-2/h4,6,8H,1,5H2,2-3H3/p+1/b7-6-. The van der Waals surface area contributed by atoms with Gasteiger partial charge >= 0.3 is 0 Å². The van der Waals surface area contributed by atoms with Gasteiger partial charge in [-0.05, 0) is 13.0 Å². The van der Waals surface area contributed by atoms with E-state index in [-0.39, 0.29) is 0 Å². The highest BCUT2D eigenvalue weighted by Crippen LogP contribution is 1.75. The average molecular weight is 112 g/mol. The minimum absolute atomic E-state index is 1.11. The zero-order valence-corrected chi connectivity index (χ0v) is 5.65. The lowest BCUT2D eigenvalue weighted by Crippen LogP contribution is -2.80. The van der Waals surface area contributed by atoms with Crippen molar-refractivity contribution in [2.24, 2.45) is 0 Å². The van der Waals surface area contributed by atoms with Gasteiger partial charge in [0.2, 0.25) is 0 Å². The summed E-state index contributed by atoms with van der Waals surface area (Å²) in [4.78, 5) is 0. The number of hydrogen-bond donors (Lipinski definition) is 1. The SMILES string of the molecule is C=C/C=C(/C)[NH2+]CC. The third-order valence-electron chi connectivity index (χ3n) is 0.907. The number of hydrogen-bond acceptors (Lipinski definition) is 0. The van der Waals surface area contributed by atoms with Gasteiger partial charge < -0.3 is 5.32 Å². The lowest BCUT2D eigenvalue weighted by molar-refractivity contribution is -0.602. The van der Waals surface area contributed by atoms with E-state index in [1.165, 1.54) is 5.70 Å². The second-order valence-corrected chi connectivity index (χ2v) is 1.76. The van der Waals surface area contributed by atoms with E-state index in [9.17, 15) is 0 Å². The normalized spacial score (nSPS) is 11.5. The van der Waals surface area contributed by atoms with Gasteiger partial charge in [0.25, 0.3) is 0 Å². The Morgan fingerprint density at radius 3 is 2.75 bits per heavy atom. The number of nitrogens with two attached hydrogens (primary N) is 1. The van der Waals surface area contributed by atoms with Crippen LogP contribution < -0.4 is 5.32 Å². The predicted molar refractivity (Wildman–Crippen MR) is 36.4 cm³/mol. The first-order valence-corrected chi connectivity index (χ1v) is 2.93. The Bertz CT molecular complexity index is 92.6. The van der Waals surface area contributed by atoms with Gasteiger partial charge in [0, 0.05) is 6.92 Å². The molecular formula is C7H14N+. The average Bonchev–Trinajstić information content (AvgIpc) is 1.68. The number of allylic oxidation sites excluding steroid dienone is 3. The third kappa shape index (κ3) is 3.62. The van der Waals surface area contributed by atoms with Crippen molar-refractivity contribution in [3.63, 3.8) is 0 Å². The van der Waals surface area contributed by atoms with E-state index in [1.807, 2.05) is 12.2 Å². The minimum atomic E-state index is 1.11. The second kappa shape index (κ2) is 4.60. The van der Waals surface area contributed by atoms with Gasteiger partial charge in [0.1, 0.15) is 5.70 Å². The van der Waals surface area contributed by atoms with Crippen LogP contribution in [0.3, 0.4) is 0 Å². The van der Waals surface area contributed by atoms with Crippen molar-refractivity contribution in [2.75, 3.05) is 6.54 Å². The van der Waals surface area contributed by atoms with E-state index in [2.05, 4.69) is 25.7 Å². The summed E-state index contributed by atoms with van der Waals surface area (Å²) in [5, 5.41) is 2.17. The quantitative estimate of drug-likeness (QED) is 0.516. The third-order valence-corrected chi connectivity index (χ3v) is 0.907. The molecule has 46 valence electrons. The van der Waals surface area contributed by atoms with E-state index in [1.54, 1.807) is 0 Å². The Hall–Kier alpha value is -0.560. The fraction of sp³-hybridized carbons (Fsp3) is 0.429. The molecule has 0 saturated heterocycles. The first kappa shape index (κ1) is 7.44. The topological polar surface area (TPSA) is 16.6 Å². The Morgan fingerprint density at radius 2 is 2.38 bits per heavy atom. The maximum Gasteiger partial charge on any atom is 0.102 e. The lowest BCUT2D eigenvalue weighted by atomic mass is 10.4. The van der Waals surface area contributed by atoms with E-state index in [0.717, 1.165) is 6.54 Å². The molecule has 0 aliphatic carbocycles. The molecule has 2 N–H and O–H groups in total. The van der Waals surface area contributed by atoms with Crippen LogP contribution in [0.15, 0.2) is 24.4 Å². The van der Waals surface area contributed by atoms with E-state index in [0.29, 0.717) is 0 Å². The fourth-order valence-corrected chi connectivity index (χ4v) is 0.576. The van der Waals surface area contributed by atoms with Crippen molar-refractivity contribution in [3.8, 4) is 0 Å². The fourth-order valence-electron chi connectivity index (χ4n) is 0.576. The molecule has 0 spiro atoms. The second-order valence-electron chi connectivity index (χ2n) is 1.76. The molecule has 1 heteroatoms. The van der Waals surface area contributed by atoms with Gasteiger partial charge in [-0.3, -0.25) is 0 Å². The summed E-state index contributed by atoms with van der Waals surface area (Å²) in [5.74, 6) is 0. The summed E-state index contributed by atoms with van der Waals surface area (Å²) >= 11 is 0. The van der Waals surface area contributed by atoms with Crippen molar-refractivity contribution in [3.05, 3.63) is 24.4 Å². The Kier molecular flexibility index (Phi) is 4.27. The Balaban J connectivity index is 3.44. The molecule has 0 fully saturated rings. The summed E-state index contributed by atoms with van der Waals surface area (Å²) in [7, 11) is 0. The molecule has 0 aromatic heterocycles. The van der Waals surface area contributed by atoms with E-state index >= 15 is 0 Å². The van der Waals surface area contributed by atoms with Crippen molar-refractivity contribution in [2.45, 2.75) is 13.8 Å². The molecule has 0 aliphatic rings. The largest absolute Gasteiger partial charge is 0.318 e. The van der Waals surface area contributed by atoms with Gasteiger partial charge in [-0.25, -0.2) is 0 Å². The molecule has 0 aromatic carbocycles. The predicted octanol–water partition coefficient (Wildman–Crippen LogP) is 0.660. The van der Waals surface area contributed by atoms with Crippen LogP contribution in [0.5, 0.6) is 0 Å². The monoisotopic (exact) mass is 112 g/mol. The molecule has 0 amide bonds. The minimum Gasteiger partial charge on any atom is -0.318 e. The summed E-state index contributed by atoms with van der Waals surface area (Å²) in [6.07, 6.45) is 3.81. The van der Waals surface area contributed by atoms with Crippen molar-refractivity contribution >= 4 is 0 Å². The molecule has 1 nitrogen and oxygen atoms in total. The van der Waals surface area contributed by atoms with Gasteiger partial charge in [-0.15, -0.1) is 0 Å². The van der Waals surface area contributed by atoms with Crippen LogP contribution in [0, 0.1) is 0 Å². The molecule has 0 heterocycles. The molecule has 0 rings (SSSR count). The van der Waals surface area contributed by atoms with E-state index < -0.39 is 0 Å². The van der Waals surface area contributed by atoms with Gasteiger partial charge in [0.05, 0.1) is 6.54 Å². The molecule has 0 bridgehead atoms. The van der Waals surface area contributed by atoms with Crippen LogP contribution >= 0.6 is 0 Å². The molecule has 0 unspecified atom stereocenters. The first-order valence-electron chi connectivity index (χ1n) is 2.93. The van der Waals surface area contributed by atoms with Crippen LogP contribution in [0.4, 0.5) is 0 Å². The molecular weight excluding hydrogens is 98.1 g/mol. The van der Waals surface area contributed by atoms with Crippen LogP contribution in [0.1, 0.15) is 13.8 Å². The molecule has 8 heavy (non-hydrogen) atoms. The van der Waals surface area contributed by atoms with E-state index in [4.69, 9.17) is 0 Å². The summed E-state index contributed by atoms with van der Waals surface area (Å²) in [5.41, 5.74) is 1.29. The van der Waals surface area contributed by atoms with Gasteiger partial charge in [-0.2, -0.15) is 0 Å². The van der Waals surface area contributed by atoms with Crippen molar-refractivity contribution in [1.29, 1.82) is 0 Å². The van der Waals surface area contributed by atoms with Crippen LogP contribution in [-0.2, 0) is 0 Å². The van der Waals surface area contributed by atoms with Crippen LogP contribution in [0.2, 0.25) is 0 Å². The summed E-state index contributed by atoms with van der Waals surface area (Å²) in [6.45, 7) is 8.89. The molecule has 0 saturated carbocycles. The van der Waals surface area contributed by atoms with Crippen molar-refractivity contribution < 1.29 is 5.32 Å². The number of rotatable bonds is 3. The van der Waals surface area contributed by atoms with Gasteiger partial charge in [-0.1, -0.05) is 12.7 Å².